The lowest BCUT2D eigenvalue weighted by Gasteiger charge is -2.24. The standard InChI is InChI=1S/C16H17FN2/c1-11(12-2-5-15(17)6-3-12)19-9-13-4-7-16(18)8-14(13)10-19/h2-8,11H,9-10,18H2,1H3. The molecule has 0 amide bonds. The number of halogens is 1. The lowest BCUT2D eigenvalue weighted by Crippen LogP contribution is -2.20. The lowest BCUT2D eigenvalue weighted by atomic mass is 10.1. The summed E-state index contributed by atoms with van der Waals surface area (Å²) >= 11 is 0. The van der Waals surface area contributed by atoms with Crippen molar-refractivity contribution < 1.29 is 4.39 Å². The highest BCUT2D eigenvalue weighted by Gasteiger charge is 2.24. The van der Waals surface area contributed by atoms with Crippen molar-refractivity contribution in [3.05, 3.63) is 65.0 Å². The molecule has 1 unspecified atom stereocenters. The van der Waals surface area contributed by atoms with Gasteiger partial charge in [0.05, 0.1) is 0 Å². The van der Waals surface area contributed by atoms with Gasteiger partial charge in [-0.3, -0.25) is 4.90 Å². The van der Waals surface area contributed by atoms with E-state index in [0.717, 1.165) is 24.3 Å². The Labute approximate surface area is 112 Å². The predicted octanol–water partition coefficient (Wildman–Crippen LogP) is 3.48. The first-order chi connectivity index (χ1) is 9.13. The van der Waals surface area contributed by atoms with E-state index in [4.69, 9.17) is 5.73 Å². The second-order valence-corrected chi connectivity index (χ2v) is 5.16. The number of benzene rings is 2. The Balaban J connectivity index is 1.80. The average Bonchev–Trinajstić information content (AvgIpc) is 2.81. The van der Waals surface area contributed by atoms with E-state index in [2.05, 4.69) is 17.9 Å². The summed E-state index contributed by atoms with van der Waals surface area (Å²) in [7, 11) is 0. The third kappa shape index (κ3) is 2.34. The lowest BCUT2D eigenvalue weighted by molar-refractivity contribution is 0.215. The molecule has 1 atom stereocenters. The first-order valence-corrected chi connectivity index (χ1v) is 6.50. The first kappa shape index (κ1) is 12.2. The summed E-state index contributed by atoms with van der Waals surface area (Å²) in [6.07, 6.45) is 0. The van der Waals surface area contributed by atoms with Crippen LogP contribution in [0.4, 0.5) is 10.1 Å². The van der Waals surface area contributed by atoms with Crippen molar-refractivity contribution in [1.29, 1.82) is 0 Å². The van der Waals surface area contributed by atoms with E-state index in [1.807, 2.05) is 24.3 Å². The average molecular weight is 256 g/mol. The maximum atomic E-state index is 13.0. The molecule has 0 saturated carbocycles. The first-order valence-electron chi connectivity index (χ1n) is 6.50. The van der Waals surface area contributed by atoms with Gasteiger partial charge in [-0.05, 0) is 47.9 Å². The highest BCUT2D eigenvalue weighted by atomic mass is 19.1. The van der Waals surface area contributed by atoms with Gasteiger partial charge < -0.3 is 5.73 Å². The van der Waals surface area contributed by atoms with Crippen LogP contribution in [0.3, 0.4) is 0 Å². The summed E-state index contributed by atoms with van der Waals surface area (Å²) in [6.45, 7) is 3.98. The summed E-state index contributed by atoms with van der Waals surface area (Å²) in [6, 6.07) is 13.1. The number of fused-ring (bicyclic) bond motifs is 1. The highest BCUT2D eigenvalue weighted by Crippen LogP contribution is 2.31. The molecule has 0 radical (unpaired) electrons. The Morgan fingerprint density at radius 2 is 1.74 bits per heavy atom. The van der Waals surface area contributed by atoms with Gasteiger partial charge in [0, 0.05) is 24.8 Å². The van der Waals surface area contributed by atoms with Crippen molar-refractivity contribution in [3.8, 4) is 0 Å². The zero-order valence-electron chi connectivity index (χ0n) is 10.9. The van der Waals surface area contributed by atoms with E-state index >= 15 is 0 Å². The van der Waals surface area contributed by atoms with Crippen LogP contribution in [-0.4, -0.2) is 4.90 Å². The maximum absolute atomic E-state index is 13.0. The molecule has 0 saturated heterocycles. The second kappa shape index (κ2) is 4.67. The number of anilines is 1. The summed E-state index contributed by atoms with van der Waals surface area (Å²) in [5, 5.41) is 0. The molecule has 19 heavy (non-hydrogen) atoms. The zero-order valence-corrected chi connectivity index (χ0v) is 10.9. The normalized spacial score (nSPS) is 16.3. The second-order valence-electron chi connectivity index (χ2n) is 5.16. The number of nitrogens with zero attached hydrogens (tertiary/aromatic N) is 1. The van der Waals surface area contributed by atoms with E-state index in [0.29, 0.717) is 0 Å². The van der Waals surface area contributed by atoms with Crippen LogP contribution in [-0.2, 0) is 13.1 Å². The highest BCUT2D eigenvalue weighted by molar-refractivity contribution is 5.46. The molecule has 0 aliphatic carbocycles. The molecule has 0 bridgehead atoms. The van der Waals surface area contributed by atoms with Crippen molar-refractivity contribution in [1.82, 2.24) is 4.90 Å². The molecule has 3 heteroatoms. The molecule has 2 aromatic rings. The van der Waals surface area contributed by atoms with Gasteiger partial charge in [-0.1, -0.05) is 18.2 Å². The molecule has 1 aliphatic rings. The van der Waals surface area contributed by atoms with E-state index in [1.54, 1.807) is 0 Å². The minimum absolute atomic E-state index is 0.187. The quantitative estimate of drug-likeness (QED) is 0.833. The van der Waals surface area contributed by atoms with Gasteiger partial charge in [0.15, 0.2) is 0 Å². The molecular weight excluding hydrogens is 239 g/mol. The van der Waals surface area contributed by atoms with Crippen LogP contribution in [0.5, 0.6) is 0 Å². The topological polar surface area (TPSA) is 29.3 Å². The monoisotopic (exact) mass is 256 g/mol. The molecule has 2 aromatic carbocycles. The number of hydrogen-bond donors (Lipinski definition) is 1. The van der Waals surface area contributed by atoms with Gasteiger partial charge in [-0.25, -0.2) is 4.39 Å². The predicted molar refractivity (Wildman–Crippen MR) is 74.9 cm³/mol. The van der Waals surface area contributed by atoms with Crippen LogP contribution in [0.2, 0.25) is 0 Å². The molecule has 0 aromatic heterocycles. The fourth-order valence-electron chi connectivity index (χ4n) is 2.67. The van der Waals surface area contributed by atoms with E-state index in [-0.39, 0.29) is 11.9 Å². The van der Waals surface area contributed by atoms with Gasteiger partial charge in [0.2, 0.25) is 0 Å². The van der Waals surface area contributed by atoms with Crippen molar-refractivity contribution in [2.45, 2.75) is 26.1 Å². The number of nitrogens with two attached hydrogens (primary N) is 1. The number of rotatable bonds is 2. The van der Waals surface area contributed by atoms with Gasteiger partial charge in [0.1, 0.15) is 5.82 Å². The van der Waals surface area contributed by atoms with Crippen molar-refractivity contribution >= 4 is 5.69 Å². The summed E-state index contributed by atoms with van der Waals surface area (Å²) in [5.74, 6) is -0.187. The summed E-state index contributed by atoms with van der Waals surface area (Å²) in [5.41, 5.74) is 10.4. The Morgan fingerprint density at radius 3 is 2.47 bits per heavy atom. The van der Waals surface area contributed by atoms with Crippen LogP contribution in [0.1, 0.15) is 29.7 Å². The van der Waals surface area contributed by atoms with Crippen LogP contribution in [0, 0.1) is 5.82 Å². The minimum atomic E-state index is -0.187. The molecule has 98 valence electrons. The van der Waals surface area contributed by atoms with Crippen molar-refractivity contribution in [2.75, 3.05) is 5.73 Å². The fourth-order valence-corrected chi connectivity index (χ4v) is 2.67. The van der Waals surface area contributed by atoms with E-state index < -0.39 is 0 Å². The summed E-state index contributed by atoms with van der Waals surface area (Å²) < 4.78 is 13.0. The van der Waals surface area contributed by atoms with Gasteiger partial charge in [0.25, 0.3) is 0 Å². The van der Waals surface area contributed by atoms with Gasteiger partial charge in [-0.2, -0.15) is 0 Å². The summed E-state index contributed by atoms with van der Waals surface area (Å²) in [4.78, 5) is 2.37. The van der Waals surface area contributed by atoms with Crippen LogP contribution < -0.4 is 5.73 Å². The number of nitrogen functional groups attached to an aromatic ring is 1. The van der Waals surface area contributed by atoms with Crippen molar-refractivity contribution in [3.63, 3.8) is 0 Å². The van der Waals surface area contributed by atoms with Crippen LogP contribution in [0.25, 0.3) is 0 Å². The Morgan fingerprint density at radius 1 is 1.05 bits per heavy atom. The Kier molecular flexibility index (Phi) is 2.99. The minimum Gasteiger partial charge on any atom is -0.399 e. The smallest absolute Gasteiger partial charge is 0.123 e. The third-order valence-corrected chi connectivity index (χ3v) is 3.88. The molecular formula is C16H17FN2. The molecule has 3 rings (SSSR count). The molecule has 2 N–H and O–H groups in total. The number of hydrogen-bond acceptors (Lipinski definition) is 2. The molecule has 0 spiro atoms. The molecule has 1 heterocycles. The third-order valence-electron chi connectivity index (χ3n) is 3.88. The Hall–Kier alpha value is -1.87. The SMILES string of the molecule is CC(c1ccc(F)cc1)N1Cc2ccc(N)cc2C1. The van der Waals surface area contributed by atoms with Crippen LogP contribution in [0.15, 0.2) is 42.5 Å². The van der Waals surface area contributed by atoms with Crippen LogP contribution >= 0.6 is 0 Å². The molecule has 1 aliphatic heterocycles. The van der Waals surface area contributed by atoms with E-state index in [1.165, 1.54) is 23.3 Å². The zero-order chi connectivity index (χ0) is 13.4. The van der Waals surface area contributed by atoms with E-state index in [9.17, 15) is 4.39 Å². The molecule has 0 fully saturated rings. The van der Waals surface area contributed by atoms with Gasteiger partial charge in [-0.15, -0.1) is 0 Å². The Bertz CT molecular complexity index is 592. The fraction of sp³-hybridized carbons (Fsp3) is 0.250. The molecule has 2 nitrogen and oxygen atoms in total. The van der Waals surface area contributed by atoms with Crippen molar-refractivity contribution in [2.24, 2.45) is 0 Å². The van der Waals surface area contributed by atoms with Gasteiger partial charge >= 0.3 is 0 Å². The maximum Gasteiger partial charge on any atom is 0.123 e. The largest absolute Gasteiger partial charge is 0.399 e.